The molecular weight excluding hydrogens is 461 g/mol. The number of hydrogen-bond acceptors (Lipinski definition) is 6. The summed E-state index contributed by atoms with van der Waals surface area (Å²) in [6.45, 7) is 1.49. The Morgan fingerprint density at radius 3 is 2.59 bits per heavy atom. The highest BCUT2D eigenvalue weighted by Crippen LogP contribution is 2.30. The Morgan fingerprint density at radius 2 is 1.97 bits per heavy atom. The first-order valence-electron chi connectivity index (χ1n) is 9.83. The molecule has 11 heteroatoms. The topological polar surface area (TPSA) is 119 Å². The van der Waals surface area contributed by atoms with E-state index in [9.17, 15) is 22.4 Å². The number of halogens is 2. The molecule has 1 saturated heterocycles. The van der Waals surface area contributed by atoms with Crippen molar-refractivity contribution in [3.63, 3.8) is 0 Å². The van der Waals surface area contributed by atoms with Crippen molar-refractivity contribution in [2.75, 3.05) is 19.4 Å². The minimum Gasteiger partial charge on any atom is -0.496 e. The molecule has 0 spiro atoms. The number of ether oxygens (including phenoxy) is 1. The second kappa shape index (κ2) is 9.33. The fraction of sp³-hybridized carbons (Fsp3) is 0.333. The molecule has 1 aliphatic rings. The second-order valence-electron chi connectivity index (χ2n) is 7.35. The van der Waals surface area contributed by atoms with Crippen LogP contribution in [0.15, 0.2) is 41.3 Å². The Balaban J connectivity index is 2.06. The van der Waals surface area contributed by atoms with E-state index in [0.717, 1.165) is 6.07 Å². The highest BCUT2D eigenvalue weighted by Gasteiger charge is 2.44. The summed E-state index contributed by atoms with van der Waals surface area (Å²) < 4.78 is 46.5. The predicted molar refractivity (Wildman–Crippen MR) is 117 cm³/mol. The normalized spacial score (nSPS) is 19.4. The maximum atomic E-state index is 13.8. The molecule has 0 aliphatic carbocycles. The van der Waals surface area contributed by atoms with Gasteiger partial charge < -0.3 is 15.8 Å². The fourth-order valence-corrected chi connectivity index (χ4v) is 5.46. The zero-order valence-corrected chi connectivity index (χ0v) is 19.0. The van der Waals surface area contributed by atoms with Gasteiger partial charge in [0, 0.05) is 6.54 Å². The molecule has 1 heterocycles. The van der Waals surface area contributed by atoms with Gasteiger partial charge in [-0.05, 0) is 54.8 Å². The highest BCUT2D eigenvalue weighted by atomic mass is 35.5. The minimum atomic E-state index is -4.44. The summed E-state index contributed by atoms with van der Waals surface area (Å²) in [5, 5.41) is 2.79. The van der Waals surface area contributed by atoms with Gasteiger partial charge in [-0.15, -0.1) is 0 Å². The summed E-state index contributed by atoms with van der Waals surface area (Å²) in [5.41, 5.74) is 6.15. The molecule has 2 atom stereocenters. The van der Waals surface area contributed by atoms with E-state index in [1.807, 2.05) is 0 Å². The van der Waals surface area contributed by atoms with Crippen molar-refractivity contribution in [2.24, 2.45) is 5.92 Å². The van der Waals surface area contributed by atoms with E-state index in [0.29, 0.717) is 15.6 Å². The van der Waals surface area contributed by atoms with Gasteiger partial charge >= 0.3 is 0 Å². The van der Waals surface area contributed by atoms with E-state index in [1.54, 1.807) is 6.92 Å². The minimum absolute atomic E-state index is 0.0218. The van der Waals surface area contributed by atoms with Gasteiger partial charge in [-0.3, -0.25) is 9.59 Å². The van der Waals surface area contributed by atoms with Crippen LogP contribution in [0.1, 0.15) is 18.9 Å². The first-order valence-corrected chi connectivity index (χ1v) is 11.6. The summed E-state index contributed by atoms with van der Waals surface area (Å²) in [6, 6.07) is 6.28. The predicted octanol–water partition coefficient (Wildman–Crippen LogP) is 2.35. The number of nitrogens with zero attached hydrogens (tertiary/aromatic N) is 1. The number of nitrogen functional groups attached to an aromatic ring is 1. The molecule has 1 aliphatic heterocycles. The third kappa shape index (κ3) is 4.51. The van der Waals surface area contributed by atoms with Crippen molar-refractivity contribution in [3.8, 4) is 5.75 Å². The Hall–Kier alpha value is -2.85. The van der Waals surface area contributed by atoms with Crippen LogP contribution in [0.2, 0.25) is 5.02 Å². The molecule has 1 fully saturated rings. The van der Waals surface area contributed by atoms with Gasteiger partial charge in [0.05, 0.1) is 28.6 Å². The van der Waals surface area contributed by atoms with Crippen LogP contribution < -0.4 is 15.8 Å². The number of nitrogens with two attached hydrogens (primary N) is 1. The first kappa shape index (κ1) is 23.8. The molecule has 0 saturated carbocycles. The lowest BCUT2D eigenvalue weighted by atomic mass is 9.97. The average molecular weight is 484 g/mol. The third-order valence-electron chi connectivity index (χ3n) is 5.29. The van der Waals surface area contributed by atoms with Crippen LogP contribution in [-0.4, -0.2) is 44.2 Å². The fourth-order valence-electron chi connectivity index (χ4n) is 3.63. The van der Waals surface area contributed by atoms with Gasteiger partial charge in [0.2, 0.25) is 11.8 Å². The molecule has 32 heavy (non-hydrogen) atoms. The third-order valence-corrected chi connectivity index (χ3v) is 7.44. The Bertz CT molecular complexity index is 1160. The molecule has 3 rings (SSSR count). The molecule has 0 radical (unpaired) electrons. The van der Waals surface area contributed by atoms with Crippen LogP contribution in [0.3, 0.4) is 0 Å². The summed E-state index contributed by atoms with van der Waals surface area (Å²) in [6.07, 6.45) is 0.0289. The largest absolute Gasteiger partial charge is 0.496 e. The van der Waals surface area contributed by atoms with Crippen LogP contribution >= 0.6 is 11.6 Å². The molecule has 0 aromatic heterocycles. The van der Waals surface area contributed by atoms with Gasteiger partial charge in [-0.2, -0.15) is 0 Å². The smallest absolute Gasteiger partial charge is 0.267 e. The van der Waals surface area contributed by atoms with Crippen LogP contribution in [0, 0.1) is 11.7 Å². The van der Waals surface area contributed by atoms with Crippen molar-refractivity contribution >= 4 is 39.1 Å². The Labute approximate surface area is 190 Å². The monoisotopic (exact) mass is 483 g/mol. The van der Waals surface area contributed by atoms with Crippen LogP contribution in [0.25, 0.3) is 0 Å². The lowest BCUT2D eigenvalue weighted by Gasteiger charge is -2.29. The van der Waals surface area contributed by atoms with Gasteiger partial charge in [0.25, 0.3) is 10.0 Å². The Kier molecular flexibility index (Phi) is 6.94. The van der Waals surface area contributed by atoms with Gasteiger partial charge in [0.1, 0.15) is 17.6 Å². The number of benzene rings is 2. The van der Waals surface area contributed by atoms with Crippen molar-refractivity contribution in [1.29, 1.82) is 0 Å². The molecule has 0 bridgehead atoms. The number of hydrogen-bond donors (Lipinski definition) is 2. The van der Waals surface area contributed by atoms with Crippen LogP contribution in [0.5, 0.6) is 5.75 Å². The molecule has 2 aromatic carbocycles. The number of carbonyl (C=O) groups excluding carboxylic acids is 2. The number of anilines is 1. The average Bonchev–Trinajstić information content (AvgIpc) is 2.87. The zero-order chi connectivity index (χ0) is 23.6. The van der Waals surface area contributed by atoms with E-state index in [1.165, 1.54) is 37.4 Å². The SMILES string of the molecule is CC[C@@H]1C(=O)NC[C@H](Cc2cc(F)ccc2OC)C(=O)N1S(=O)(=O)c1ccc(Cl)c(N)c1. The molecule has 2 amide bonds. The zero-order valence-electron chi connectivity index (χ0n) is 17.5. The number of amides is 2. The summed E-state index contributed by atoms with van der Waals surface area (Å²) in [7, 11) is -3.03. The van der Waals surface area contributed by atoms with E-state index in [-0.39, 0.29) is 35.0 Å². The number of carbonyl (C=O) groups is 2. The van der Waals surface area contributed by atoms with E-state index in [2.05, 4.69) is 5.32 Å². The summed E-state index contributed by atoms with van der Waals surface area (Å²) in [4.78, 5) is 25.9. The number of rotatable bonds is 6. The van der Waals surface area contributed by atoms with Crippen LogP contribution in [0.4, 0.5) is 10.1 Å². The van der Waals surface area contributed by atoms with E-state index in [4.69, 9.17) is 22.1 Å². The Morgan fingerprint density at radius 1 is 1.25 bits per heavy atom. The quantitative estimate of drug-likeness (QED) is 0.609. The lowest BCUT2D eigenvalue weighted by Crippen LogP contribution is -2.49. The van der Waals surface area contributed by atoms with E-state index >= 15 is 0 Å². The number of sulfonamides is 1. The first-order chi connectivity index (χ1) is 15.1. The van der Waals surface area contributed by atoms with Crippen molar-refractivity contribution in [1.82, 2.24) is 9.62 Å². The van der Waals surface area contributed by atoms with Crippen molar-refractivity contribution in [3.05, 3.63) is 52.8 Å². The molecule has 0 unspecified atom stereocenters. The molecule has 3 N–H and O–H groups in total. The van der Waals surface area contributed by atoms with Gasteiger partial charge in [0.15, 0.2) is 0 Å². The van der Waals surface area contributed by atoms with Crippen molar-refractivity contribution in [2.45, 2.75) is 30.7 Å². The highest BCUT2D eigenvalue weighted by molar-refractivity contribution is 7.89. The molecule has 8 nitrogen and oxygen atoms in total. The maximum absolute atomic E-state index is 13.8. The molecular formula is C21H23ClFN3O5S. The van der Waals surface area contributed by atoms with Crippen molar-refractivity contribution < 1.29 is 27.1 Å². The number of methoxy groups -OCH3 is 1. The summed E-state index contributed by atoms with van der Waals surface area (Å²) in [5.74, 6) is -2.53. The standard InChI is InChI=1S/C21H23ClFN3O5S/c1-3-18-20(27)25-11-13(8-12-9-14(23)4-7-19(12)31-2)21(28)26(18)32(29,30)15-5-6-16(22)17(24)10-15/h4-7,9-10,13,18H,3,8,11,24H2,1-2H3,(H,25,27)/t13-,18+/m0/s1. The second-order valence-corrected chi connectivity index (χ2v) is 9.57. The van der Waals surface area contributed by atoms with Crippen LogP contribution in [-0.2, 0) is 26.0 Å². The molecule has 2 aromatic rings. The lowest BCUT2D eigenvalue weighted by molar-refractivity contribution is -0.134. The summed E-state index contributed by atoms with van der Waals surface area (Å²) >= 11 is 5.90. The number of nitrogens with one attached hydrogen (secondary N) is 1. The maximum Gasteiger partial charge on any atom is 0.267 e. The van der Waals surface area contributed by atoms with Gasteiger partial charge in [-0.1, -0.05) is 18.5 Å². The van der Waals surface area contributed by atoms with E-state index < -0.39 is 39.6 Å². The molecule has 172 valence electrons. The van der Waals surface area contributed by atoms with Gasteiger partial charge in [-0.25, -0.2) is 17.1 Å².